The molecule has 3 N–H and O–H groups in total. The quantitative estimate of drug-likeness (QED) is 0.294. The summed E-state index contributed by atoms with van der Waals surface area (Å²) >= 11 is 6.18. The van der Waals surface area contributed by atoms with Gasteiger partial charge in [-0.05, 0) is 50.2 Å². The number of piperazine rings is 1. The zero-order valence-corrected chi connectivity index (χ0v) is 21.1. The van der Waals surface area contributed by atoms with E-state index >= 15 is 0 Å². The summed E-state index contributed by atoms with van der Waals surface area (Å²) in [5, 5.41) is 15.4. The zero-order chi connectivity index (χ0) is 27.2. The van der Waals surface area contributed by atoms with Crippen molar-refractivity contribution >= 4 is 28.9 Å². The lowest BCUT2D eigenvalue weighted by molar-refractivity contribution is -0.138. The van der Waals surface area contributed by atoms with E-state index in [1.165, 1.54) is 6.07 Å². The Morgan fingerprint density at radius 1 is 1.14 bits per heavy atom. The van der Waals surface area contributed by atoms with E-state index in [4.69, 9.17) is 11.6 Å². The van der Waals surface area contributed by atoms with Gasteiger partial charge < -0.3 is 20.6 Å². The van der Waals surface area contributed by atoms with Crippen LogP contribution in [-0.2, 0) is 6.54 Å². The highest BCUT2D eigenvalue weighted by Gasteiger charge is 2.29. The van der Waals surface area contributed by atoms with E-state index in [0.29, 0.717) is 55.5 Å². The number of halogens is 6. The van der Waals surface area contributed by atoms with Crippen LogP contribution in [0.4, 0.5) is 33.3 Å². The minimum Gasteiger partial charge on any atom is -0.393 e. The largest absolute Gasteiger partial charge is 0.393 e. The maximum atomic E-state index is 14.6. The van der Waals surface area contributed by atoms with Crippen LogP contribution in [0.2, 0.25) is 5.02 Å². The van der Waals surface area contributed by atoms with Crippen molar-refractivity contribution in [2.24, 2.45) is 0 Å². The predicted molar refractivity (Wildman–Crippen MR) is 133 cm³/mol. The SMILES string of the molecule is CC(O)CCNCc1c(C(=O)Nc2ccc(Cl)cc2N2CCN(CCC(F)(F)F)CC2)ccc(F)c1F. The summed E-state index contributed by atoms with van der Waals surface area (Å²) in [6.07, 6.45) is -5.26. The molecule has 0 aliphatic carbocycles. The Balaban J connectivity index is 1.74. The van der Waals surface area contributed by atoms with Crippen LogP contribution < -0.4 is 15.5 Å². The lowest BCUT2D eigenvalue weighted by Gasteiger charge is -2.37. The Morgan fingerprint density at radius 3 is 2.49 bits per heavy atom. The molecule has 1 aliphatic rings. The molecule has 1 unspecified atom stereocenters. The number of hydrogen-bond donors (Lipinski definition) is 3. The maximum absolute atomic E-state index is 14.6. The summed E-state index contributed by atoms with van der Waals surface area (Å²) in [5.41, 5.74) is 0.768. The van der Waals surface area contributed by atoms with Crippen LogP contribution in [0.15, 0.2) is 30.3 Å². The van der Waals surface area contributed by atoms with Crippen molar-refractivity contribution in [2.45, 2.75) is 38.6 Å². The van der Waals surface area contributed by atoms with Gasteiger partial charge in [0.15, 0.2) is 11.6 Å². The Kier molecular flexibility index (Phi) is 10.1. The first-order valence-corrected chi connectivity index (χ1v) is 12.3. The second-order valence-electron chi connectivity index (χ2n) is 9.01. The Labute approximate surface area is 217 Å². The minimum absolute atomic E-state index is 0.0543. The van der Waals surface area contributed by atoms with Gasteiger partial charge in [0.2, 0.25) is 0 Å². The second-order valence-corrected chi connectivity index (χ2v) is 9.45. The molecule has 3 rings (SSSR count). The van der Waals surface area contributed by atoms with Crippen molar-refractivity contribution in [1.29, 1.82) is 0 Å². The van der Waals surface area contributed by atoms with Crippen LogP contribution in [0, 0.1) is 11.6 Å². The summed E-state index contributed by atoms with van der Waals surface area (Å²) in [5.74, 6) is -2.87. The number of aliphatic hydroxyl groups excluding tert-OH is 1. The van der Waals surface area contributed by atoms with Crippen molar-refractivity contribution in [3.05, 3.63) is 58.1 Å². The smallest absolute Gasteiger partial charge is 0.390 e. The lowest BCUT2D eigenvalue weighted by atomic mass is 10.0. The number of carbonyl (C=O) groups excluding carboxylic acids is 1. The summed E-state index contributed by atoms with van der Waals surface area (Å²) in [4.78, 5) is 16.8. The molecular weight excluding hydrogens is 519 g/mol. The molecule has 1 aliphatic heterocycles. The van der Waals surface area contributed by atoms with Gasteiger partial charge >= 0.3 is 6.18 Å². The first kappa shape index (κ1) is 29.1. The number of aliphatic hydroxyl groups is 1. The monoisotopic (exact) mass is 548 g/mol. The third-order valence-electron chi connectivity index (χ3n) is 6.11. The molecule has 0 bridgehead atoms. The van der Waals surface area contributed by atoms with Crippen LogP contribution in [0.3, 0.4) is 0 Å². The number of amides is 1. The molecule has 1 amide bonds. The molecule has 6 nitrogen and oxygen atoms in total. The van der Waals surface area contributed by atoms with Crippen LogP contribution in [0.25, 0.3) is 0 Å². The summed E-state index contributed by atoms with van der Waals surface area (Å²) in [6.45, 7) is 3.39. The average Bonchev–Trinajstić information content (AvgIpc) is 2.83. The third kappa shape index (κ3) is 8.53. The molecular formula is C25H30ClF5N4O2. The summed E-state index contributed by atoms with van der Waals surface area (Å²) in [6, 6.07) is 6.89. The molecule has 2 aromatic carbocycles. The molecule has 0 saturated carbocycles. The highest BCUT2D eigenvalue weighted by molar-refractivity contribution is 6.31. The fraction of sp³-hybridized carbons (Fsp3) is 0.480. The van der Waals surface area contributed by atoms with Gasteiger partial charge in [-0.1, -0.05) is 11.6 Å². The number of nitrogens with zero attached hydrogens (tertiary/aromatic N) is 2. The van der Waals surface area contributed by atoms with E-state index in [-0.39, 0.29) is 24.2 Å². The van der Waals surface area contributed by atoms with Gasteiger partial charge in [-0.2, -0.15) is 13.2 Å². The average molecular weight is 549 g/mol. The Morgan fingerprint density at radius 2 is 1.84 bits per heavy atom. The highest BCUT2D eigenvalue weighted by Crippen LogP contribution is 2.31. The van der Waals surface area contributed by atoms with E-state index in [0.717, 1.165) is 6.07 Å². The molecule has 0 radical (unpaired) electrons. The number of benzene rings is 2. The third-order valence-corrected chi connectivity index (χ3v) is 6.35. The van der Waals surface area contributed by atoms with Gasteiger partial charge in [0, 0.05) is 55.4 Å². The highest BCUT2D eigenvalue weighted by atomic mass is 35.5. The first-order valence-electron chi connectivity index (χ1n) is 11.9. The molecule has 1 atom stereocenters. The van der Waals surface area contributed by atoms with Crippen molar-refractivity contribution < 1.29 is 31.9 Å². The van der Waals surface area contributed by atoms with E-state index in [9.17, 15) is 31.9 Å². The fourth-order valence-electron chi connectivity index (χ4n) is 4.06. The van der Waals surface area contributed by atoms with Crippen molar-refractivity contribution in [2.75, 3.05) is 49.5 Å². The van der Waals surface area contributed by atoms with Crippen LogP contribution in [0.5, 0.6) is 0 Å². The summed E-state index contributed by atoms with van der Waals surface area (Å²) < 4.78 is 66.2. The first-order chi connectivity index (χ1) is 17.4. The number of rotatable bonds is 10. The van der Waals surface area contributed by atoms with Gasteiger partial charge in [0.05, 0.1) is 23.9 Å². The fourth-order valence-corrected chi connectivity index (χ4v) is 4.23. The summed E-state index contributed by atoms with van der Waals surface area (Å²) in [7, 11) is 0. The topological polar surface area (TPSA) is 67.8 Å². The van der Waals surface area contributed by atoms with E-state index in [1.54, 1.807) is 30.0 Å². The minimum atomic E-state index is -4.22. The molecule has 1 heterocycles. The number of nitrogens with one attached hydrogen (secondary N) is 2. The van der Waals surface area contributed by atoms with Gasteiger partial charge in [0.25, 0.3) is 5.91 Å². The van der Waals surface area contributed by atoms with E-state index in [1.807, 2.05) is 4.90 Å². The molecule has 204 valence electrons. The van der Waals surface area contributed by atoms with Gasteiger partial charge in [0.1, 0.15) is 0 Å². The zero-order valence-electron chi connectivity index (χ0n) is 20.3. The lowest BCUT2D eigenvalue weighted by Crippen LogP contribution is -2.47. The molecule has 12 heteroatoms. The van der Waals surface area contributed by atoms with Crippen molar-refractivity contribution in [1.82, 2.24) is 10.2 Å². The number of alkyl halides is 3. The van der Waals surface area contributed by atoms with E-state index < -0.39 is 36.2 Å². The van der Waals surface area contributed by atoms with Crippen LogP contribution >= 0.6 is 11.6 Å². The predicted octanol–water partition coefficient (Wildman–Crippen LogP) is 4.81. The van der Waals surface area contributed by atoms with Crippen LogP contribution in [0.1, 0.15) is 35.7 Å². The normalized spacial score (nSPS) is 15.6. The molecule has 2 aromatic rings. The Hall–Kier alpha value is -2.47. The molecule has 1 fully saturated rings. The van der Waals surface area contributed by atoms with Gasteiger partial charge in [-0.15, -0.1) is 0 Å². The molecule has 0 spiro atoms. The number of anilines is 2. The standard InChI is InChI=1S/C25H30ClF5N4O2/c1-16(36)6-8-32-15-19-18(3-4-20(27)23(19)28)24(37)33-21-5-2-17(26)14-22(21)35-12-10-34(11-13-35)9-7-25(29,30)31/h2-5,14,16,32,36H,6-13,15H2,1H3,(H,33,37). The second kappa shape index (κ2) is 12.9. The number of carbonyl (C=O) groups is 1. The number of hydrogen-bond acceptors (Lipinski definition) is 5. The maximum Gasteiger partial charge on any atom is 0.390 e. The van der Waals surface area contributed by atoms with Crippen molar-refractivity contribution in [3.63, 3.8) is 0 Å². The van der Waals surface area contributed by atoms with Gasteiger partial charge in [-0.3, -0.25) is 9.69 Å². The van der Waals surface area contributed by atoms with Crippen molar-refractivity contribution in [3.8, 4) is 0 Å². The Bertz CT molecular complexity index is 1080. The molecule has 37 heavy (non-hydrogen) atoms. The van der Waals surface area contributed by atoms with Gasteiger partial charge in [-0.25, -0.2) is 8.78 Å². The molecule has 0 aromatic heterocycles. The molecule has 1 saturated heterocycles. The van der Waals surface area contributed by atoms with E-state index in [2.05, 4.69) is 10.6 Å². The van der Waals surface area contributed by atoms with Crippen LogP contribution in [-0.4, -0.2) is 67.5 Å².